The van der Waals surface area contributed by atoms with Crippen molar-refractivity contribution in [3.05, 3.63) is 71.8 Å². The quantitative estimate of drug-likeness (QED) is 0.394. The van der Waals surface area contributed by atoms with Crippen LogP contribution in [0, 0.1) is 0 Å². The molecule has 0 atom stereocenters. The van der Waals surface area contributed by atoms with E-state index in [0.717, 1.165) is 15.4 Å². The number of rotatable bonds is 2. The first kappa shape index (κ1) is 21.1. The van der Waals surface area contributed by atoms with Crippen LogP contribution in [0.1, 0.15) is 52.7 Å². The molecule has 3 aromatic carbocycles. The average Bonchev–Trinajstić information content (AvgIpc) is 2.62. The molecule has 2 heteroatoms. The molecule has 0 unspecified atom stereocenters. The highest BCUT2D eigenvalue weighted by Crippen LogP contribution is 2.45. The predicted molar refractivity (Wildman–Crippen MR) is 129 cm³/mol. The Bertz CT molecular complexity index is 952. The van der Waals surface area contributed by atoms with Gasteiger partial charge in [0.2, 0.25) is 0 Å². The molecule has 0 aromatic heterocycles. The maximum atomic E-state index is 4.83. The molecule has 0 spiro atoms. The Morgan fingerprint density at radius 1 is 0.607 bits per heavy atom. The Kier molecular flexibility index (Phi) is 5.76. The van der Waals surface area contributed by atoms with Crippen molar-refractivity contribution in [3.63, 3.8) is 0 Å². The fraction of sp³-hybridized carbons (Fsp3) is 0.308. The van der Waals surface area contributed by atoms with Gasteiger partial charge in [-0.2, -0.15) is 0 Å². The van der Waals surface area contributed by atoms with Crippen LogP contribution in [-0.2, 0) is 10.8 Å². The molecule has 0 N–H and O–H groups in total. The van der Waals surface area contributed by atoms with Crippen molar-refractivity contribution in [2.24, 2.45) is 0 Å². The molecule has 3 aromatic rings. The van der Waals surface area contributed by atoms with Crippen LogP contribution >= 0.6 is 25.3 Å². The third kappa shape index (κ3) is 4.18. The summed E-state index contributed by atoms with van der Waals surface area (Å²) < 4.78 is 0. The lowest BCUT2D eigenvalue weighted by Crippen LogP contribution is -2.19. The molecule has 3 rings (SSSR count). The van der Waals surface area contributed by atoms with E-state index in [-0.39, 0.29) is 10.8 Å². The van der Waals surface area contributed by atoms with Crippen LogP contribution in [0.15, 0.2) is 70.5 Å². The lowest BCUT2D eigenvalue weighted by Gasteiger charge is -2.32. The maximum absolute atomic E-state index is 4.83. The van der Waals surface area contributed by atoms with Gasteiger partial charge in [0.15, 0.2) is 0 Å². The number of benzene rings is 3. The second-order valence-corrected chi connectivity index (χ2v) is 10.4. The van der Waals surface area contributed by atoms with Crippen molar-refractivity contribution in [3.8, 4) is 22.3 Å². The highest BCUT2D eigenvalue weighted by molar-refractivity contribution is 7.83. The van der Waals surface area contributed by atoms with Gasteiger partial charge in [-0.15, -0.1) is 25.3 Å². The van der Waals surface area contributed by atoms with E-state index in [1.807, 2.05) is 6.07 Å². The average molecular weight is 407 g/mol. The summed E-state index contributed by atoms with van der Waals surface area (Å²) in [5, 5.41) is 0. The number of hydrogen-bond acceptors (Lipinski definition) is 2. The highest BCUT2D eigenvalue weighted by Gasteiger charge is 2.28. The van der Waals surface area contributed by atoms with E-state index >= 15 is 0 Å². The Morgan fingerprint density at radius 3 is 1.64 bits per heavy atom. The van der Waals surface area contributed by atoms with E-state index in [1.165, 1.54) is 27.8 Å². The summed E-state index contributed by atoms with van der Waals surface area (Å²) in [6.45, 7) is 13.7. The van der Waals surface area contributed by atoms with Gasteiger partial charge in [0, 0.05) is 9.79 Å². The van der Waals surface area contributed by atoms with Crippen molar-refractivity contribution in [1.82, 2.24) is 0 Å². The monoisotopic (exact) mass is 406 g/mol. The first-order valence-electron chi connectivity index (χ1n) is 9.76. The lowest BCUT2D eigenvalue weighted by atomic mass is 9.73. The zero-order chi connectivity index (χ0) is 20.7. The van der Waals surface area contributed by atoms with Gasteiger partial charge in [0.25, 0.3) is 0 Å². The molecule has 0 heterocycles. The van der Waals surface area contributed by atoms with Crippen LogP contribution in [-0.4, -0.2) is 0 Å². The van der Waals surface area contributed by atoms with Gasteiger partial charge in [0.05, 0.1) is 0 Å². The largest absolute Gasteiger partial charge is 0.142 e. The first-order valence-corrected chi connectivity index (χ1v) is 10.7. The van der Waals surface area contributed by atoms with Gasteiger partial charge in [-0.1, -0.05) is 84.0 Å². The molecule has 0 radical (unpaired) electrons. The minimum absolute atomic E-state index is 0.00700. The smallest absolute Gasteiger partial charge is 0.0253 e. The maximum Gasteiger partial charge on any atom is 0.0253 e. The summed E-state index contributed by atoms with van der Waals surface area (Å²) in [5.41, 5.74) is 7.63. The zero-order valence-electron chi connectivity index (χ0n) is 17.7. The molecular formula is C26H30S2. The molecule has 146 valence electrons. The second-order valence-electron chi connectivity index (χ2n) is 9.49. The van der Waals surface area contributed by atoms with E-state index in [4.69, 9.17) is 12.6 Å². The van der Waals surface area contributed by atoms with E-state index in [2.05, 4.69) is 109 Å². The fourth-order valence-electron chi connectivity index (χ4n) is 3.65. The molecule has 0 fully saturated rings. The molecule has 0 nitrogen and oxygen atoms in total. The minimum Gasteiger partial charge on any atom is -0.142 e. The predicted octanol–water partition coefficient (Wildman–Crippen LogP) is 8.19. The first-order chi connectivity index (χ1) is 13.0. The van der Waals surface area contributed by atoms with Gasteiger partial charge in [-0.25, -0.2) is 0 Å². The molecule has 0 saturated heterocycles. The van der Waals surface area contributed by atoms with Crippen LogP contribution in [0.3, 0.4) is 0 Å². The fourth-order valence-corrected chi connectivity index (χ4v) is 4.11. The molecule has 28 heavy (non-hydrogen) atoms. The van der Waals surface area contributed by atoms with E-state index in [0.29, 0.717) is 0 Å². The molecule has 0 aliphatic rings. The van der Waals surface area contributed by atoms with Gasteiger partial charge in [-0.3, -0.25) is 0 Å². The van der Waals surface area contributed by atoms with Crippen molar-refractivity contribution in [2.45, 2.75) is 62.2 Å². The lowest BCUT2D eigenvalue weighted by molar-refractivity contribution is 0.572. The summed E-state index contributed by atoms with van der Waals surface area (Å²) >= 11 is 9.46. The highest BCUT2D eigenvalue weighted by atomic mass is 32.1. The van der Waals surface area contributed by atoms with E-state index in [9.17, 15) is 0 Å². The van der Waals surface area contributed by atoms with Crippen molar-refractivity contribution in [2.75, 3.05) is 0 Å². The van der Waals surface area contributed by atoms with Gasteiger partial charge in [-0.05, 0) is 62.4 Å². The Morgan fingerprint density at radius 2 is 1.14 bits per heavy atom. The van der Waals surface area contributed by atoms with Crippen LogP contribution in [0.2, 0.25) is 0 Å². The van der Waals surface area contributed by atoms with Crippen LogP contribution in [0.4, 0.5) is 0 Å². The van der Waals surface area contributed by atoms with Gasteiger partial charge >= 0.3 is 0 Å². The topological polar surface area (TPSA) is 0 Å². The van der Waals surface area contributed by atoms with Gasteiger partial charge in [0.1, 0.15) is 0 Å². The van der Waals surface area contributed by atoms with Crippen molar-refractivity contribution >= 4 is 25.3 Å². The van der Waals surface area contributed by atoms with Crippen LogP contribution < -0.4 is 0 Å². The SMILES string of the molecule is CC(C)(C)c1cc(-c2ccccc2)cc(C(C)(C)C)c1-c1cccc(S)c1S. The van der Waals surface area contributed by atoms with Crippen LogP contribution in [0.5, 0.6) is 0 Å². The standard InChI is InChI=1S/C26H30S2/c1-25(2,3)20-15-18(17-11-8-7-9-12-17)16-21(26(4,5)6)23(20)19-13-10-14-22(27)24(19)28/h7-16,27-28H,1-6H3. The summed E-state index contributed by atoms with van der Waals surface area (Å²) in [6, 6.07) is 21.6. The van der Waals surface area contributed by atoms with Crippen molar-refractivity contribution in [1.29, 1.82) is 0 Å². The Labute approximate surface area is 181 Å². The number of hydrogen-bond donors (Lipinski definition) is 2. The van der Waals surface area contributed by atoms with Crippen LogP contribution in [0.25, 0.3) is 22.3 Å². The normalized spacial score (nSPS) is 12.3. The van der Waals surface area contributed by atoms with E-state index in [1.54, 1.807) is 0 Å². The summed E-state index contributed by atoms with van der Waals surface area (Å²) in [4.78, 5) is 1.85. The second kappa shape index (κ2) is 7.65. The third-order valence-electron chi connectivity index (χ3n) is 5.15. The zero-order valence-corrected chi connectivity index (χ0v) is 19.5. The Balaban J connectivity index is 2.45. The summed E-state index contributed by atoms with van der Waals surface area (Å²) in [7, 11) is 0. The molecule has 0 aliphatic carbocycles. The summed E-state index contributed by atoms with van der Waals surface area (Å²) in [6.07, 6.45) is 0. The Hall–Kier alpha value is -1.64. The number of thiol groups is 2. The minimum atomic E-state index is -0.00700. The molecule has 0 bridgehead atoms. The van der Waals surface area contributed by atoms with Gasteiger partial charge < -0.3 is 0 Å². The molecule has 0 saturated carbocycles. The molecule has 0 aliphatic heterocycles. The third-order valence-corrected chi connectivity index (χ3v) is 6.18. The molecule has 0 amide bonds. The summed E-state index contributed by atoms with van der Waals surface area (Å²) in [5.74, 6) is 0. The van der Waals surface area contributed by atoms with E-state index < -0.39 is 0 Å². The van der Waals surface area contributed by atoms with Crippen molar-refractivity contribution < 1.29 is 0 Å². The molecular weight excluding hydrogens is 376 g/mol.